The fourth-order valence-electron chi connectivity index (χ4n) is 3.48. The summed E-state index contributed by atoms with van der Waals surface area (Å²) < 4.78 is 11.4. The first-order chi connectivity index (χ1) is 16.9. The van der Waals surface area contributed by atoms with Crippen LogP contribution in [0.25, 0.3) is 11.5 Å². The van der Waals surface area contributed by atoms with Crippen molar-refractivity contribution in [1.82, 2.24) is 10.3 Å². The largest absolute Gasteiger partial charge is 0.484 e. The molecule has 0 aliphatic rings. The Morgan fingerprint density at radius 2 is 1.69 bits per heavy atom. The second-order valence-corrected chi connectivity index (χ2v) is 8.30. The highest BCUT2D eigenvalue weighted by atomic mass is 16.5. The van der Waals surface area contributed by atoms with E-state index in [-0.39, 0.29) is 25.0 Å². The Kier molecular flexibility index (Phi) is 7.26. The van der Waals surface area contributed by atoms with Crippen LogP contribution >= 0.6 is 0 Å². The van der Waals surface area contributed by atoms with Gasteiger partial charge in [-0.3, -0.25) is 9.59 Å². The second-order valence-electron chi connectivity index (χ2n) is 8.30. The standard InChI is InChI=1S/C28H27N3O4/c1-18-10-12-24(13-11-18)34-17-26(32)30-23-9-5-8-22(15-23)28-31-25(20(3)35-28)16-29-27(33)21-7-4-6-19(2)14-21/h4-15H,16-17H2,1-3H3,(H,29,33)(H,30,32). The number of nitrogens with zero attached hydrogens (tertiary/aromatic N) is 1. The first kappa shape index (κ1) is 23.8. The van der Waals surface area contributed by atoms with Gasteiger partial charge in [0.1, 0.15) is 17.2 Å². The smallest absolute Gasteiger partial charge is 0.262 e. The van der Waals surface area contributed by atoms with Crippen molar-refractivity contribution in [3.63, 3.8) is 0 Å². The zero-order chi connectivity index (χ0) is 24.8. The van der Waals surface area contributed by atoms with Crippen molar-refractivity contribution in [2.24, 2.45) is 0 Å². The molecule has 2 amide bonds. The van der Waals surface area contributed by atoms with E-state index in [1.807, 2.05) is 68.4 Å². The van der Waals surface area contributed by atoms with Crippen LogP contribution in [0.5, 0.6) is 5.75 Å². The molecule has 3 aromatic carbocycles. The molecule has 0 spiro atoms. The number of carbonyl (C=O) groups is 2. The first-order valence-electron chi connectivity index (χ1n) is 11.3. The lowest BCUT2D eigenvalue weighted by Gasteiger charge is -2.08. The van der Waals surface area contributed by atoms with Crippen molar-refractivity contribution < 1.29 is 18.7 Å². The summed E-state index contributed by atoms with van der Waals surface area (Å²) in [5, 5.41) is 5.71. The lowest BCUT2D eigenvalue weighted by atomic mass is 10.1. The van der Waals surface area contributed by atoms with Crippen LogP contribution in [-0.4, -0.2) is 23.4 Å². The van der Waals surface area contributed by atoms with Gasteiger partial charge in [0.05, 0.1) is 6.54 Å². The Balaban J connectivity index is 1.37. The first-order valence-corrected chi connectivity index (χ1v) is 11.3. The van der Waals surface area contributed by atoms with Crippen LogP contribution in [0.2, 0.25) is 0 Å². The van der Waals surface area contributed by atoms with Crippen molar-refractivity contribution in [2.45, 2.75) is 27.3 Å². The van der Waals surface area contributed by atoms with Gasteiger partial charge in [-0.15, -0.1) is 0 Å². The number of hydrogen-bond acceptors (Lipinski definition) is 5. The van der Waals surface area contributed by atoms with Gasteiger partial charge in [0, 0.05) is 16.8 Å². The number of carbonyl (C=O) groups excluding carboxylic acids is 2. The van der Waals surface area contributed by atoms with E-state index < -0.39 is 0 Å². The minimum atomic E-state index is -0.272. The Hall–Kier alpha value is -4.39. The fraction of sp³-hybridized carbons (Fsp3) is 0.179. The minimum Gasteiger partial charge on any atom is -0.484 e. The molecule has 1 aromatic heterocycles. The van der Waals surface area contributed by atoms with Crippen molar-refractivity contribution in [1.29, 1.82) is 0 Å². The fourth-order valence-corrected chi connectivity index (χ4v) is 3.48. The molecule has 0 unspecified atom stereocenters. The van der Waals surface area contributed by atoms with Gasteiger partial charge < -0.3 is 19.8 Å². The zero-order valence-electron chi connectivity index (χ0n) is 19.9. The van der Waals surface area contributed by atoms with Crippen LogP contribution in [0.1, 0.15) is 32.9 Å². The van der Waals surface area contributed by atoms with Gasteiger partial charge >= 0.3 is 0 Å². The van der Waals surface area contributed by atoms with Crippen LogP contribution in [0.15, 0.2) is 77.2 Å². The van der Waals surface area contributed by atoms with Crippen molar-refractivity contribution in [3.05, 3.63) is 101 Å². The molecule has 0 atom stereocenters. The molecule has 1 heterocycles. The third kappa shape index (κ3) is 6.35. The highest BCUT2D eigenvalue weighted by Gasteiger charge is 2.14. The minimum absolute atomic E-state index is 0.101. The molecule has 35 heavy (non-hydrogen) atoms. The Morgan fingerprint density at radius 1 is 0.914 bits per heavy atom. The summed E-state index contributed by atoms with van der Waals surface area (Å²) in [4.78, 5) is 29.3. The van der Waals surface area contributed by atoms with Crippen LogP contribution in [-0.2, 0) is 11.3 Å². The number of rotatable bonds is 8. The van der Waals surface area contributed by atoms with Gasteiger partial charge in [-0.05, 0) is 63.2 Å². The van der Waals surface area contributed by atoms with E-state index in [0.29, 0.717) is 39.9 Å². The summed E-state index contributed by atoms with van der Waals surface area (Å²) in [6.07, 6.45) is 0. The quantitative estimate of drug-likeness (QED) is 0.369. The van der Waals surface area contributed by atoms with Crippen LogP contribution in [0, 0.1) is 20.8 Å². The zero-order valence-corrected chi connectivity index (χ0v) is 19.9. The van der Waals surface area contributed by atoms with Gasteiger partial charge in [-0.2, -0.15) is 0 Å². The lowest BCUT2D eigenvalue weighted by Crippen LogP contribution is -2.23. The highest BCUT2D eigenvalue weighted by Crippen LogP contribution is 2.24. The number of ether oxygens (including phenoxy) is 1. The number of amides is 2. The van der Waals surface area contributed by atoms with Crippen molar-refractivity contribution in [3.8, 4) is 17.2 Å². The summed E-state index contributed by atoms with van der Waals surface area (Å²) in [7, 11) is 0. The molecule has 4 rings (SSSR count). The second kappa shape index (κ2) is 10.7. The van der Waals surface area contributed by atoms with Gasteiger partial charge in [-0.25, -0.2) is 4.98 Å². The maximum Gasteiger partial charge on any atom is 0.262 e. The van der Waals surface area contributed by atoms with E-state index in [4.69, 9.17) is 9.15 Å². The highest BCUT2D eigenvalue weighted by molar-refractivity contribution is 5.94. The molecular weight excluding hydrogens is 442 g/mol. The average molecular weight is 470 g/mol. The molecule has 0 bridgehead atoms. The summed E-state index contributed by atoms with van der Waals surface area (Å²) in [6.45, 7) is 5.88. The van der Waals surface area contributed by atoms with Crippen LogP contribution < -0.4 is 15.4 Å². The molecule has 0 saturated heterocycles. The van der Waals surface area contributed by atoms with E-state index in [9.17, 15) is 9.59 Å². The van der Waals surface area contributed by atoms with Gasteiger partial charge in [0.25, 0.3) is 11.8 Å². The molecule has 178 valence electrons. The summed E-state index contributed by atoms with van der Waals surface area (Å²) in [6, 6.07) is 22.1. The van der Waals surface area contributed by atoms with E-state index in [1.54, 1.807) is 25.1 Å². The van der Waals surface area contributed by atoms with Gasteiger partial charge in [0.15, 0.2) is 6.61 Å². The molecule has 2 N–H and O–H groups in total. The van der Waals surface area contributed by atoms with Crippen molar-refractivity contribution in [2.75, 3.05) is 11.9 Å². The number of hydrogen-bond donors (Lipinski definition) is 2. The molecule has 7 heteroatoms. The Labute approximate surface area is 204 Å². The molecular formula is C28H27N3O4. The number of benzene rings is 3. The predicted octanol–water partition coefficient (Wildman–Crippen LogP) is 5.21. The molecule has 0 aliphatic heterocycles. The topological polar surface area (TPSA) is 93.5 Å². The molecule has 0 fully saturated rings. The lowest BCUT2D eigenvalue weighted by molar-refractivity contribution is -0.118. The molecule has 7 nitrogen and oxygen atoms in total. The summed E-state index contributed by atoms with van der Waals surface area (Å²) in [5.41, 5.74) is 4.69. The van der Waals surface area contributed by atoms with E-state index in [2.05, 4.69) is 15.6 Å². The number of aryl methyl sites for hydroxylation is 3. The number of aromatic nitrogens is 1. The average Bonchev–Trinajstić information content (AvgIpc) is 3.23. The maximum absolute atomic E-state index is 12.4. The van der Waals surface area contributed by atoms with E-state index in [1.165, 1.54) is 0 Å². The molecule has 0 radical (unpaired) electrons. The van der Waals surface area contributed by atoms with Gasteiger partial charge in [0.2, 0.25) is 5.89 Å². The monoisotopic (exact) mass is 469 g/mol. The molecule has 0 aliphatic carbocycles. The third-order valence-electron chi connectivity index (χ3n) is 5.37. The maximum atomic E-state index is 12.4. The van der Waals surface area contributed by atoms with E-state index >= 15 is 0 Å². The molecule has 0 saturated carbocycles. The van der Waals surface area contributed by atoms with E-state index in [0.717, 1.165) is 11.1 Å². The van der Waals surface area contributed by atoms with Crippen molar-refractivity contribution >= 4 is 17.5 Å². The predicted molar refractivity (Wildman–Crippen MR) is 134 cm³/mol. The summed E-state index contributed by atoms with van der Waals surface area (Å²) in [5.74, 6) is 1.22. The Morgan fingerprint density at radius 3 is 2.46 bits per heavy atom. The Bertz CT molecular complexity index is 1340. The van der Waals surface area contributed by atoms with Crippen LogP contribution in [0.4, 0.5) is 5.69 Å². The SMILES string of the molecule is Cc1ccc(OCC(=O)Nc2cccc(-c3nc(CNC(=O)c4cccc(C)c4)c(C)o3)c2)cc1. The van der Waals surface area contributed by atoms with Crippen LogP contribution in [0.3, 0.4) is 0 Å². The molecule has 4 aromatic rings. The third-order valence-corrected chi connectivity index (χ3v) is 5.37. The summed E-state index contributed by atoms with van der Waals surface area (Å²) >= 11 is 0. The van der Waals surface area contributed by atoms with Gasteiger partial charge in [-0.1, -0.05) is 41.5 Å². The number of anilines is 1. The normalized spacial score (nSPS) is 10.6. The number of oxazole rings is 1. The number of nitrogens with one attached hydrogen (secondary N) is 2.